The third kappa shape index (κ3) is 3.77. The first-order chi connectivity index (χ1) is 9.61. The molecule has 0 aliphatic heterocycles. The molecule has 0 spiro atoms. The normalized spacial score (nSPS) is 14.3. The number of nitrogens with one attached hydrogen (secondary N) is 1. The Hall–Kier alpha value is -1.96. The summed E-state index contributed by atoms with van der Waals surface area (Å²) in [6.07, 6.45) is 3.61. The largest absolute Gasteiger partial charge is 0.471 e. The third-order valence-corrected chi connectivity index (χ3v) is 3.12. The molecule has 1 aromatic heterocycles. The van der Waals surface area contributed by atoms with Crippen molar-refractivity contribution >= 4 is 11.6 Å². The molecule has 8 nitrogen and oxygen atoms in total. The molecule has 20 heavy (non-hydrogen) atoms. The Balaban J connectivity index is 1.98. The number of hydrogen-bond acceptors (Lipinski definition) is 7. The van der Waals surface area contributed by atoms with Crippen LogP contribution in [0.25, 0.3) is 0 Å². The predicted molar refractivity (Wildman–Crippen MR) is 74.0 cm³/mol. The van der Waals surface area contributed by atoms with Gasteiger partial charge >= 0.3 is 5.69 Å². The van der Waals surface area contributed by atoms with E-state index in [0.29, 0.717) is 25.1 Å². The van der Waals surface area contributed by atoms with Crippen LogP contribution in [0.5, 0.6) is 5.88 Å². The molecular formula is C12H19N5O3. The fourth-order valence-corrected chi connectivity index (χ4v) is 1.82. The second-order valence-electron chi connectivity index (χ2n) is 4.73. The molecule has 1 N–H and O–H groups in total. The van der Waals surface area contributed by atoms with Gasteiger partial charge in [0, 0.05) is 19.1 Å². The SMILES string of the molecule is CCNc1ncc([N+](=O)[O-])c(OCCN(C)C2CC2)n1. The van der Waals surface area contributed by atoms with Crippen LogP contribution in [0.3, 0.4) is 0 Å². The van der Waals surface area contributed by atoms with E-state index in [-0.39, 0.29) is 11.6 Å². The first-order valence-corrected chi connectivity index (χ1v) is 6.70. The maximum absolute atomic E-state index is 10.9. The standard InChI is InChI=1S/C12H19N5O3/c1-3-13-12-14-8-10(17(18)19)11(15-12)20-7-6-16(2)9-4-5-9/h8-9H,3-7H2,1-2H3,(H,13,14,15). The maximum atomic E-state index is 10.9. The van der Waals surface area contributed by atoms with Gasteiger partial charge in [0.25, 0.3) is 5.88 Å². The number of rotatable bonds is 8. The highest BCUT2D eigenvalue weighted by molar-refractivity contribution is 5.43. The van der Waals surface area contributed by atoms with E-state index in [1.807, 2.05) is 14.0 Å². The molecule has 1 aliphatic carbocycles. The second kappa shape index (κ2) is 6.47. The highest BCUT2D eigenvalue weighted by Crippen LogP contribution is 2.26. The van der Waals surface area contributed by atoms with Gasteiger partial charge in [-0.2, -0.15) is 4.98 Å². The van der Waals surface area contributed by atoms with Gasteiger partial charge < -0.3 is 15.0 Å². The molecule has 0 bridgehead atoms. The molecule has 1 aliphatic rings. The Bertz CT molecular complexity index is 478. The van der Waals surface area contributed by atoms with Crippen molar-refractivity contribution < 1.29 is 9.66 Å². The van der Waals surface area contributed by atoms with Crippen molar-refractivity contribution in [2.24, 2.45) is 0 Å². The highest BCUT2D eigenvalue weighted by atomic mass is 16.6. The molecule has 110 valence electrons. The van der Waals surface area contributed by atoms with Crippen LogP contribution in [0.4, 0.5) is 11.6 Å². The monoisotopic (exact) mass is 281 g/mol. The van der Waals surface area contributed by atoms with Crippen LogP contribution in [-0.4, -0.2) is 52.6 Å². The minimum atomic E-state index is -0.532. The summed E-state index contributed by atoms with van der Waals surface area (Å²) in [7, 11) is 2.03. The van der Waals surface area contributed by atoms with Crippen LogP contribution in [0, 0.1) is 10.1 Å². The van der Waals surface area contributed by atoms with E-state index in [9.17, 15) is 10.1 Å². The van der Waals surface area contributed by atoms with Crippen molar-refractivity contribution in [3.63, 3.8) is 0 Å². The van der Waals surface area contributed by atoms with Gasteiger partial charge in [-0.1, -0.05) is 0 Å². The van der Waals surface area contributed by atoms with E-state index < -0.39 is 4.92 Å². The molecule has 1 fully saturated rings. The molecule has 8 heteroatoms. The Kier molecular flexibility index (Phi) is 4.67. The topological polar surface area (TPSA) is 93.4 Å². The minimum Gasteiger partial charge on any atom is -0.471 e. The summed E-state index contributed by atoms with van der Waals surface area (Å²) >= 11 is 0. The zero-order valence-corrected chi connectivity index (χ0v) is 11.7. The molecule has 1 saturated carbocycles. The van der Waals surface area contributed by atoms with Crippen molar-refractivity contribution in [1.29, 1.82) is 0 Å². The molecule has 0 unspecified atom stereocenters. The molecule has 1 heterocycles. The molecular weight excluding hydrogens is 262 g/mol. The van der Waals surface area contributed by atoms with E-state index >= 15 is 0 Å². The van der Waals surface area contributed by atoms with Gasteiger partial charge in [0.2, 0.25) is 5.95 Å². The first kappa shape index (κ1) is 14.4. The van der Waals surface area contributed by atoms with E-state index in [4.69, 9.17) is 4.74 Å². The average molecular weight is 281 g/mol. The number of hydrogen-bond donors (Lipinski definition) is 1. The third-order valence-electron chi connectivity index (χ3n) is 3.12. The quantitative estimate of drug-likeness (QED) is 0.566. The molecule has 2 rings (SSSR count). The van der Waals surface area contributed by atoms with Gasteiger partial charge in [-0.25, -0.2) is 4.98 Å². The fourth-order valence-electron chi connectivity index (χ4n) is 1.82. The summed E-state index contributed by atoms with van der Waals surface area (Å²) in [6, 6.07) is 0.635. The molecule has 0 amide bonds. The Labute approximate surface area is 117 Å². The van der Waals surface area contributed by atoms with Gasteiger partial charge in [0.15, 0.2) is 0 Å². The van der Waals surface area contributed by atoms with Crippen LogP contribution in [0.15, 0.2) is 6.20 Å². The summed E-state index contributed by atoms with van der Waals surface area (Å²) in [6.45, 7) is 3.64. The lowest BCUT2D eigenvalue weighted by Crippen LogP contribution is -2.26. The summed E-state index contributed by atoms with van der Waals surface area (Å²) < 4.78 is 5.46. The van der Waals surface area contributed by atoms with Crippen LogP contribution in [0.2, 0.25) is 0 Å². The van der Waals surface area contributed by atoms with E-state index in [1.54, 1.807) is 0 Å². The van der Waals surface area contributed by atoms with Crippen LogP contribution >= 0.6 is 0 Å². The van der Waals surface area contributed by atoms with Crippen LogP contribution < -0.4 is 10.1 Å². The smallest absolute Gasteiger partial charge is 0.349 e. The van der Waals surface area contributed by atoms with Gasteiger partial charge in [-0.05, 0) is 26.8 Å². The fraction of sp³-hybridized carbons (Fsp3) is 0.667. The lowest BCUT2D eigenvalue weighted by Gasteiger charge is -2.15. The number of anilines is 1. The highest BCUT2D eigenvalue weighted by Gasteiger charge is 2.26. The van der Waals surface area contributed by atoms with Crippen molar-refractivity contribution in [2.75, 3.05) is 32.1 Å². The van der Waals surface area contributed by atoms with E-state index in [0.717, 1.165) is 6.54 Å². The van der Waals surface area contributed by atoms with E-state index in [2.05, 4.69) is 20.2 Å². The summed E-state index contributed by atoms with van der Waals surface area (Å²) in [5, 5.41) is 13.8. The Morgan fingerprint density at radius 3 is 2.95 bits per heavy atom. The van der Waals surface area contributed by atoms with Gasteiger partial charge in [-0.15, -0.1) is 0 Å². The number of nitrogens with zero attached hydrogens (tertiary/aromatic N) is 4. The zero-order valence-electron chi connectivity index (χ0n) is 11.7. The molecule has 0 saturated heterocycles. The Morgan fingerprint density at radius 1 is 1.60 bits per heavy atom. The van der Waals surface area contributed by atoms with Crippen LogP contribution in [0.1, 0.15) is 19.8 Å². The summed E-state index contributed by atoms with van der Waals surface area (Å²) in [5.41, 5.74) is -0.208. The minimum absolute atomic E-state index is 0.0187. The lowest BCUT2D eigenvalue weighted by molar-refractivity contribution is -0.386. The number of ether oxygens (including phenoxy) is 1. The Morgan fingerprint density at radius 2 is 2.35 bits per heavy atom. The summed E-state index contributed by atoms with van der Waals surface area (Å²) in [5.74, 6) is 0.355. The first-order valence-electron chi connectivity index (χ1n) is 6.70. The maximum Gasteiger partial charge on any atom is 0.349 e. The molecule has 0 atom stereocenters. The number of aromatic nitrogens is 2. The molecule has 0 aromatic carbocycles. The van der Waals surface area contributed by atoms with Crippen molar-refractivity contribution in [2.45, 2.75) is 25.8 Å². The number of nitro groups is 1. The van der Waals surface area contributed by atoms with Gasteiger partial charge in [-0.3, -0.25) is 10.1 Å². The second-order valence-corrected chi connectivity index (χ2v) is 4.73. The van der Waals surface area contributed by atoms with Crippen LogP contribution in [-0.2, 0) is 0 Å². The molecule has 1 aromatic rings. The zero-order chi connectivity index (χ0) is 14.5. The van der Waals surface area contributed by atoms with Crippen molar-refractivity contribution in [3.8, 4) is 5.88 Å². The summed E-state index contributed by atoms with van der Waals surface area (Å²) in [4.78, 5) is 20.5. The van der Waals surface area contributed by atoms with E-state index in [1.165, 1.54) is 19.0 Å². The molecule has 0 radical (unpaired) electrons. The van der Waals surface area contributed by atoms with Crippen molar-refractivity contribution in [1.82, 2.24) is 14.9 Å². The van der Waals surface area contributed by atoms with Crippen molar-refractivity contribution in [3.05, 3.63) is 16.3 Å². The predicted octanol–water partition coefficient (Wildman–Crippen LogP) is 1.29. The average Bonchev–Trinajstić information content (AvgIpc) is 3.23. The van der Waals surface area contributed by atoms with Gasteiger partial charge in [0.1, 0.15) is 12.8 Å². The van der Waals surface area contributed by atoms with Gasteiger partial charge in [0.05, 0.1) is 4.92 Å². The lowest BCUT2D eigenvalue weighted by atomic mass is 10.5. The number of likely N-dealkylation sites (N-methyl/N-ethyl adjacent to an activating group) is 1.